The van der Waals surface area contributed by atoms with Crippen molar-refractivity contribution in [2.45, 2.75) is 31.2 Å². The molecule has 0 heterocycles. The van der Waals surface area contributed by atoms with Crippen molar-refractivity contribution >= 4 is 23.2 Å². The number of carbonyl (C=O) groups is 1. The number of hydrogen-bond acceptors (Lipinski definition) is 2. The zero-order chi connectivity index (χ0) is 17.2. The fraction of sp³-hybridized carbons (Fsp3) is 0.350. The molecule has 2 aromatic rings. The number of amides is 1. The Hall–Kier alpha value is -2.00. The molecule has 1 N–H and O–H groups in total. The number of nitrogens with one attached hydrogen (secondary N) is 1. The van der Waals surface area contributed by atoms with E-state index in [1.54, 1.807) is 0 Å². The van der Waals surface area contributed by atoms with Gasteiger partial charge in [0, 0.05) is 31.4 Å². The van der Waals surface area contributed by atoms with Crippen molar-refractivity contribution in [3.05, 3.63) is 64.7 Å². The lowest BCUT2D eigenvalue weighted by molar-refractivity contribution is -0.130. The molecular formula is C20H23ClN2O. The van der Waals surface area contributed by atoms with Crippen LogP contribution in [-0.4, -0.2) is 20.0 Å². The van der Waals surface area contributed by atoms with Gasteiger partial charge < -0.3 is 10.2 Å². The van der Waals surface area contributed by atoms with E-state index in [2.05, 4.69) is 34.5 Å². The van der Waals surface area contributed by atoms with Gasteiger partial charge in [0.2, 0.25) is 5.91 Å². The van der Waals surface area contributed by atoms with E-state index in [0.717, 1.165) is 36.1 Å². The SMILES string of the molecule is CN(C)c1ccc(CNC(=O)C2(c3ccc(Cl)cc3)CCC2)cc1. The van der Waals surface area contributed by atoms with Crippen LogP contribution in [0.4, 0.5) is 5.69 Å². The zero-order valence-electron chi connectivity index (χ0n) is 14.2. The summed E-state index contributed by atoms with van der Waals surface area (Å²) in [5, 5.41) is 3.82. The van der Waals surface area contributed by atoms with Crippen LogP contribution in [0.15, 0.2) is 48.5 Å². The van der Waals surface area contributed by atoms with Crippen LogP contribution in [0, 0.1) is 0 Å². The first-order valence-electron chi connectivity index (χ1n) is 8.32. The normalized spacial score (nSPS) is 15.5. The topological polar surface area (TPSA) is 32.3 Å². The van der Waals surface area contributed by atoms with Gasteiger partial charge in [0.05, 0.1) is 5.41 Å². The number of nitrogens with zero attached hydrogens (tertiary/aromatic N) is 1. The van der Waals surface area contributed by atoms with Crippen molar-refractivity contribution in [1.82, 2.24) is 5.32 Å². The number of anilines is 1. The van der Waals surface area contributed by atoms with Crippen LogP contribution in [0.1, 0.15) is 30.4 Å². The van der Waals surface area contributed by atoms with Crippen LogP contribution in [0.5, 0.6) is 0 Å². The Balaban J connectivity index is 1.68. The lowest BCUT2D eigenvalue weighted by Crippen LogP contribution is -2.48. The fourth-order valence-electron chi connectivity index (χ4n) is 3.21. The van der Waals surface area contributed by atoms with Gasteiger partial charge in [0.1, 0.15) is 0 Å². The Bertz CT molecular complexity index is 703. The third-order valence-electron chi connectivity index (χ3n) is 4.94. The summed E-state index contributed by atoms with van der Waals surface area (Å²) in [6, 6.07) is 15.9. The smallest absolute Gasteiger partial charge is 0.230 e. The van der Waals surface area contributed by atoms with Crippen molar-refractivity contribution in [3.8, 4) is 0 Å². The Morgan fingerprint density at radius 1 is 1.08 bits per heavy atom. The number of halogens is 1. The molecule has 2 aromatic carbocycles. The van der Waals surface area contributed by atoms with Crippen LogP contribution in [0.2, 0.25) is 5.02 Å². The highest BCUT2D eigenvalue weighted by Gasteiger charge is 2.45. The summed E-state index contributed by atoms with van der Waals surface area (Å²) in [4.78, 5) is 14.9. The molecule has 4 heteroatoms. The molecule has 0 spiro atoms. The van der Waals surface area contributed by atoms with Gasteiger partial charge in [-0.1, -0.05) is 42.3 Å². The maximum absolute atomic E-state index is 12.8. The fourth-order valence-corrected chi connectivity index (χ4v) is 3.34. The van der Waals surface area contributed by atoms with Gasteiger partial charge in [-0.3, -0.25) is 4.79 Å². The summed E-state index contributed by atoms with van der Waals surface area (Å²) in [5.74, 6) is 0.118. The molecule has 0 bridgehead atoms. The first-order valence-corrected chi connectivity index (χ1v) is 8.70. The highest BCUT2D eigenvalue weighted by molar-refractivity contribution is 6.30. The van der Waals surface area contributed by atoms with Gasteiger partial charge in [-0.25, -0.2) is 0 Å². The summed E-state index contributed by atoms with van der Waals surface area (Å²) in [7, 11) is 4.03. The average Bonchev–Trinajstić information content (AvgIpc) is 2.54. The monoisotopic (exact) mass is 342 g/mol. The Labute approximate surface area is 148 Å². The Kier molecular flexibility index (Phi) is 4.81. The summed E-state index contributed by atoms with van der Waals surface area (Å²) < 4.78 is 0. The van der Waals surface area contributed by atoms with Crippen molar-refractivity contribution in [2.24, 2.45) is 0 Å². The van der Waals surface area contributed by atoms with E-state index in [1.807, 2.05) is 38.4 Å². The molecular weight excluding hydrogens is 320 g/mol. The lowest BCUT2D eigenvalue weighted by atomic mass is 9.64. The summed E-state index contributed by atoms with van der Waals surface area (Å²) in [5.41, 5.74) is 2.95. The summed E-state index contributed by atoms with van der Waals surface area (Å²) >= 11 is 5.97. The zero-order valence-corrected chi connectivity index (χ0v) is 14.9. The second kappa shape index (κ2) is 6.86. The highest BCUT2D eigenvalue weighted by Crippen LogP contribution is 2.44. The number of rotatable bonds is 5. The van der Waals surface area contributed by atoms with Crippen LogP contribution in [0.25, 0.3) is 0 Å². The first-order chi connectivity index (χ1) is 11.5. The minimum absolute atomic E-state index is 0.118. The predicted molar refractivity (Wildman–Crippen MR) is 99.6 cm³/mol. The maximum atomic E-state index is 12.8. The molecule has 1 aliphatic rings. The number of benzene rings is 2. The van der Waals surface area contributed by atoms with Crippen LogP contribution in [-0.2, 0) is 16.8 Å². The number of hydrogen-bond donors (Lipinski definition) is 1. The first kappa shape index (κ1) is 16.8. The highest BCUT2D eigenvalue weighted by atomic mass is 35.5. The standard InChI is InChI=1S/C20H23ClN2O/c1-23(2)18-10-4-15(5-11-18)14-22-19(24)20(12-3-13-20)16-6-8-17(21)9-7-16/h4-11H,3,12-14H2,1-2H3,(H,22,24). The van der Waals surface area contributed by atoms with Gasteiger partial charge in [-0.2, -0.15) is 0 Å². The molecule has 0 saturated heterocycles. The minimum Gasteiger partial charge on any atom is -0.378 e. The minimum atomic E-state index is -0.381. The predicted octanol–water partition coefficient (Wildman–Crippen LogP) is 4.14. The largest absolute Gasteiger partial charge is 0.378 e. The molecule has 1 amide bonds. The van der Waals surface area contributed by atoms with E-state index in [1.165, 1.54) is 0 Å². The molecule has 1 fully saturated rings. The van der Waals surface area contributed by atoms with Gasteiger partial charge in [-0.05, 0) is 48.2 Å². The Morgan fingerprint density at radius 3 is 2.21 bits per heavy atom. The van der Waals surface area contributed by atoms with Crippen molar-refractivity contribution in [1.29, 1.82) is 0 Å². The molecule has 24 heavy (non-hydrogen) atoms. The van der Waals surface area contributed by atoms with Crippen LogP contribution < -0.4 is 10.2 Å². The lowest BCUT2D eigenvalue weighted by Gasteiger charge is -2.40. The molecule has 0 aromatic heterocycles. The van der Waals surface area contributed by atoms with Crippen molar-refractivity contribution < 1.29 is 4.79 Å². The molecule has 0 radical (unpaired) electrons. The van der Waals surface area contributed by atoms with E-state index < -0.39 is 0 Å². The molecule has 1 aliphatic carbocycles. The van der Waals surface area contributed by atoms with Crippen LogP contribution in [0.3, 0.4) is 0 Å². The molecule has 0 aliphatic heterocycles. The maximum Gasteiger partial charge on any atom is 0.230 e. The summed E-state index contributed by atoms with van der Waals surface area (Å²) in [6.07, 6.45) is 2.90. The molecule has 3 rings (SSSR count). The second-order valence-electron chi connectivity index (χ2n) is 6.69. The van der Waals surface area contributed by atoms with E-state index >= 15 is 0 Å². The summed E-state index contributed by atoms with van der Waals surface area (Å²) in [6.45, 7) is 0.557. The van der Waals surface area contributed by atoms with Crippen molar-refractivity contribution in [3.63, 3.8) is 0 Å². The van der Waals surface area contributed by atoms with Gasteiger partial charge in [0.25, 0.3) is 0 Å². The third kappa shape index (κ3) is 3.27. The number of carbonyl (C=O) groups excluding carboxylic acids is 1. The van der Waals surface area contributed by atoms with Gasteiger partial charge in [-0.15, -0.1) is 0 Å². The van der Waals surface area contributed by atoms with E-state index in [0.29, 0.717) is 11.6 Å². The van der Waals surface area contributed by atoms with Crippen molar-refractivity contribution in [2.75, 3.05) is 19.0 Å². The molecule has 0 unspecified atom stereocenters. The van der Waals surface area contributed by atoms with Gasteiger partial charge in [0.15, 0.2) is 0 Å². The molecule has 0 atom stereocenters. The molecule has 3 nitrogen and oxygen atoms in total. The molecule has 126 valence electrons. The third-order valence-corrected chi connectivity index (χ3v) is 5.20. The Morgan fingerprint density at radius 2 is 1.71 bits per heavy atom. The second-order valence-corrected chi connectivity index (χ2v) is 7.12. The van der Waals surface area contributed by atoms with E-state index in [9.17, 15) is 4.79 Å². The van der Waals surface area contributed by atoms with E-state index in [4.69, 9.17) is 11.6 Å². The van der Waals surface area contributed by atoms with E-state index in [-0.39, 0.29) is 11.3 Å². The quantitative estimate of drug-likeness (QED) is 0.885. The average molecular weight is 343 g/mol. The molecule has 1 saturated carbocycles. The van der Waals surface area contributed by atoms with Gasteiger partial charge >= 0.3 is 0 Å². The van der Waals surface area contributed by atoms with Crippen LogP contribution >= 0.6 is 11.6 Å².